The van der Waals surface area contributed by atoms with Crippen LogP contribution < -0.4 is 5.73 Å². The number of aliphatic hydroxyl groups is 3. The van der Waals surface area contributed by atoms with Crippen LogP contribution in [0, 0.1) is 5.41 Å². The third kappa shape index (κ3) is 3.45. The lowest BCUT2D eigenvalue weighted by Crippen LogP contribution is -2.34. The van der Waals surface area contributed by atoms with E-state index in [1.54, 1.807) is 0 Å². The van der Waals surface area contributed by atoms with Crippen molar-refractivity contribution >= 4 is 5.91 Å². The van der Waals surface area contributed by atoms with Gasteiger partial charge in [-0.2, -0.15) is 0 Å². The van der Waals surface area contributed by atoms with Crippen LogP contribution in [0.15, 0.2) is 12.2 Å². The third-order valence-electron chi connectivity index (χ3n) is 2.31. The number of rotatable bonds is 7. The van der Waals surface area contributed by atoms with E-state index in [4.69, 9.17) is 21.1 Å². The molecule has 0 radical (unpaired) electrons. The molecule has 5 N–H and O–H groups in total. The molecule has 5 heteroatoms. The highest BCUT2D eigenvalue weighted by Crippen LogP contribution is 2.23. The Kier molecular flexibility index (Phi) is 5.37. The number of nitrogens with two attached hydrogens (primary N) is 1. The monoisotopic (exact) mass is 203 g/mol. The zero-order chi connectivity index (χ0) is 11.2. The van der Waals surface area contributed by atoms with E-state index >= 15 is 0 Å². The van der Waals surface area contributed by atoms with Gasteiger partial charge in [0.25, 0.3) is 0 Å². The largest absolute Gasteiger partial charge is 0.396 e. The van der Waals surface area contributed by atoms with Crippen LogP contribution in [0.3, 0.4) is 0 Å². The Morgan fingerprint density at radius 2 is 1.64 bits per heavy atom. The number of hydrogen-bond acceptors (Lipinski definition) is 4. The maximum absolute atomic E-state index is 10.6. The molecule has 0 aromatic heterocycles. The van der Waals surface area contributed by atoms with Crippen molar-refractivity contribution in [1.82, 2.24) is 0 Å². The summed E-state index contributed by atoms with van der Waals surface area (Å²) in [5.41, 5.74) is 4.23. The van der Waals surface area contributed by atoms with Crippen molar-refractivity contribution in [3.05, 3.63) is 12.2 Å². The first kappa shape index (κ1) is 13.1. The second-order valence-corrected chi connectivity index (χ2v) is 3.44. The van der Waals surface area contributed by atoms with E-state index in [1.807, 2.05) is 0 Å². The lowest BCUT2D eigenvalue weighted by molar-refractivity contribution is -0.114. The van der Waals surface area contributed by atoms with Crippen LogP contribution in [-0.2, 0) is 4.79 Å². The Bertz CT molecular complexity index is 203. The van der Waals surface area contributed by atoms with Crippen molar-refractivity contribution in [2.45, 2.75) is 12.8 Å². The van der Waals surface area contributed by atoms with Crippen LogP contribution >= 0.6 is 0 Å². The molecule has 14 heavy (non-hydrogen) atoms. The van der Waals surface area contributed by atoms with Crippen molar-refractivity contribution in [2.24, 2.45) is 11.1 Å². The molecule has 0 aromatic rings. The Morgan fingerprint density at radius 3 is 1.93 bits per heavy atom. The molecule has 0 unspecified atom stereocenters. The molecule has 0 saturated carbocycles. The maximum Gasteiger partial charge on any atom is 0.244 e. The molecule has 0 atom stereocenters. The van der Waals surface area contributed by atoms with Crippen LogP contribution in [0.4, 0.5) is 0 Å². The first-order valence-corrected chi connectivity index (χ1v) is 4.31. The second kappa shape index (κ2) is 5.74. The van der Waals surface area contributed by atoms with Crippen molar-refractivity contribution in [3.8, 4) is 0 Å². The summed E-state index contributed by atoms with van der Waals surface area (Å²) in [7, 11) is 0. The summed E-state index contributed by atoms with van der Waals surface area (Å²) in [6, 6.07) is 0. The minimum absolute atomic E-state index is 0.227. The van der Waals surface area contributed by atoms with Crippen LogP contribution in [0.25, 0.3) is 0 Å². The average Bonchev–Trinajstić information content (AvgIpc) is 2.20. The summed E-state index contributed by atoms with van der Waals surface area (Å²) in [6.45, 7) is 2.42. The predicted molar refractivity (Wildman–Crippen MR) is 51.3 cm³/mol. The smallest absolute Gasteiger partial charge is 0.244 e. The Hall–Kier alpha value is -0.910. The highest BCUT2D eigenvalue weighted by atomic mass is 16.3. The SMILES string of the molecule is C=C(CCC(CO)(CO)CO)C(N)=O. The second-order valence-electron chi connectivity index (χ2n) is 3.44. The van der Waals surface area contributed by atoms with Gasteiger partial charge in [0, 0.05) is 11.0 Å². The standard InChI is InChI=1S/C9H17NO4/c1-7(8(10)14)2-3-9(4-11,5-12)6-13/h11-13H,1-6H2,(H2,10,14). The lowest BCUT2D eigenvalue weighted by atomic mass is 9.84. The van der Waals surface area contributed by atoms with E-state index < -0.39 is 11.3 Å². The molecular formula is C9H17NO4. The Morgan fingerprint density at radius 1 is 1.21 bits per heavy atom. The van der Waals surface area contributed by atoms with Gasteiger partial charge in [0.15, 0.2) is 0 Å². The van der Waals surface area contributed by atoms with E-state index in [9.17, 15) is 4.79 Å². The number of carbonyl (C=O) groups excluding carboxylic acids is 1. The fourth-order valence-corrected chi connectivity index (χ4v) is 0.926. The molecule has 82 valence electrons. The first-order valence-electron chi connectivity index (χ1n) is 4.31. The van der Waals surface area contributed by atoms with E-state index in [1.165, 1.54) is 0 Å². The van der Waals surface area contributed by atoms with E-state index in [0.717, 1.165) is 0 Å². The number of primary amides is 1. The highest BCUT2D eigenvalue weighted by molar-refractivity contribution is 5.91. The first-order chi connectivity index (χ1) is 6.51. The number of amides is 1. The van der Waals surface area contributed by atoms with Crippen LogP contribution in [0.2, 0.25) is 0 Å². The molecule has 0 fully saturated rings. The van der Waals surface area contributed by atoms with Gasteiger partial charge in [-0.1, -0.05) is 6.58 Å². The molecule has 0 rings (SSSR count). The summed E-state index contributed by atoms with van der Waals surface area (Å²) >= 11 is 0. The molecule has 0 heterocycles. The zero-order valence-electron chi connectivity index (χ0n) is 8.07. The summed E-state index contributed by atoms with van der Waals surface area (Å²) < 4.78 is 0. The van der Waals surface area contributed by atoms with E-state index in [-0.39, 0.29) is 38.2 Å². The lowest BCUT2D eigenvalue weighted by Gasteiger charge is -2.27. The molecule has 0 aliphatic carbocycles. The fraction of sp³-hybridized carbons (Fsp3) is 0.667. The third-order valence-corrected chi connectivity index (χ3v) is 2.31. The molecule has 1 amide bonds. The van der Waals surface area contributed by atoms with Crippen molar-refractivity contribution in [2.75, 3.05) is 19.8 Å². The fourth-order valence-electron chi connectivity index (χ4n) is 0.926. The van der Waals surface area contributed by atoms with Crippen molar-refractivity contribution in [1.29, 1.82) is 0 Å². The van der Waals surface area contributed by atoms with Crippen LogP contribution in [0.1, 0.15) is 12.8 Å². The minimum atomic E-state index is -0.960. The minimum Gasteiger partial charge on any atom is -0.396 e. The van der Waals surface area contributed by atoms with Gasteiger partial charge < -0.3 is 21.1 Å². The van der Waals surface area contributed by atoms with Crippen LogP contribution in [-0.4, -0.2) is 41.0 Å². The maximum atomic E-state index is 10.6. The average molecular weight is 203 g/mol. The molecule has 0 aromatic carbocycles. The van der Waals surface area contributed by atoms with Gasteiger partial charge in [-0.3, -0.25) is 4.79 Å². The van der Waals surface area contributed by atoms with Gasteiger partial charge in [0.1, 0.15) is 0 Å². The summed E-state index contributed by atoms with van der Waals surface area (Å²) in [6.07, 6.45) is 0.537. The predicted octanol–water partition coefficient (Wildman–Crippen LogP) is -1.23. The summed E-state index contributed by atoms with van der Waals surface area (Å²) in [4.78, 5) is 10.6. The Labute approximate surface area is 82.9 Å². The summed E-state index contributed by atoms with van der Waals surface area (Å²) in [5.74, 6) is -0.604. The number of aliphatic hydroxyl groups excluding tert-OH is 3. The molecule has 0 saturated heterocycles. The zero-order valence-corrected chi connectivity index (χ0v) is 8.07. The van der Waals surface area contributed by atoms with Gasteiger partial charge in [0.05, 0.1) is 19.8 Å². The Balaban J connectivity index is 4.19. The van der Waals surface area contributed by atoms with Crippen molar-refractivity contribution in [3.63, 3.8) is 0 Å². The van der Waals surface area contributed by atoms with Gasteiger partial charge >= 0.3 is 0 Å². The van der Waals surface area contributed by atoms with E-state index in [0.29, 0.717) is 0 Å². The molecule has 0 aliphatic heterocycles. The molecule has 0 aliphatic rings. The quantitative estimate of drug-likeness (QED) is 0.389. The number of hydrogen-bond donors (Lipinski definition) is 4. The van der Waals surface area contributed by atoms with Gasteiger partial charge in [0.2, 0.25) is 5.91 Å². The summed E-state index contributed by atoms with van der Waals surface area (Å²) in [5, 5.41) is 26.9. The van der Waals surface area contributed by atoms with Crippen molar-refractivity contribution < 1.29 is 20.1 Å². The molecular weight excluding hydrogens is 186 g/mol. The number of carbonyl (C=O) groups is 1. The molecule has 5 nitrogen and oxygen atoms in total. The molecule has 0 bridgehead atoms. The van der Waals surface area contributed by atoms with Gasteiger partial charge in [-0.25, -0.2) is 0 Å². The normalized spacial score (nSPS) is 11.4. The van der Waals surface area contributed by atoms with Gasteiger partial charge in [-0.15, -0.1) is 0 Å². The van der Waals surface area contributed by atoms with Gasteiger partial charge in [-0.05, 0) is 12.8 Å². The van der Waals surface area contributed by atoms with Crippen LogP contribution in [0.5, 0.6) is 0 Å². The molecule has 0 spiro atoms. The topological polar surface area (TPSA) is 104 Å². The van der Waals surface area contributed by atoms with E-state index in [2.05, 4.69) is 6.58 Å². The highest BCUT2D eigenvalue weighted by Gasteiger charge is 2.28.